The Balaban J connectivity index is 1.60. The number of para-hydroxylation sites is 1. The number of thioether (sulfide) groups is 1. The predicted octanol–water partition coefficient (Wildman–Crippen LogP) is 4.62. The normalized spacial score (nSPS) is 17.4. The van der Waals surface area contributed by atoms with Gasteiger partial charge in [0.2, 0.25) is 5.78 Å². The molecular weight excluding hydrogens is 418 g/mol. The molecule has 1 fully saturated rings. The summed E-state index contributed by atoms with van der Waals surface area (Å²) in [5.74, 6) is 1.55. The maximum atomic E-state index is 13.5. The molecule has 0 N–H and O–H groups in total. The van der Waals surface area contributed by atoms with Crippen LogP contribution in [0.1, 0.15) is 36.8 Å². The summed E-state index contributed by atoms with van der Waals surface area (Å²) in [6.45, 7) is 5.26. The molecule has 1 aliphatic heterocycles. The summed E-state index contributed by atoms with van der Waals surface area (Å²) < 4.78 is 3.77. The smallest absolute Gasteiger partial charge is 0.267 e. The van der Waals surface area contributed by atoms with E-state index in [2.05, 4.69) is 34.3 Å². The summed E-state index contributed by atoms with van der Waals surface area (Å²) >= 11 is 1.73. The lowest BCUT2D eigenvalue weighted by Crippen LogP contribution is -2.36. The molecule has 0 spiro atoms. The van der Waals surface area contributed by atoms with Gasteiger partial charge in [-0.15, -0.1) is 10.2 Å². The highest BCUT2D eigenvalue weighted by atomic mass is 32.2. The number of benzene rings is 2. The van der Waals surface area contributed by atoms with Gasteiger partial charge in [0, 0.05) is 11.8 Å². The number of hydrogen-bond acceptors (Lipinski definition) is 5. The van der Waals surface area contributed by atoms with Crippen LogP contribution in [0.25, 0.3) is 22.4 Å². The third kappa shape index (κ3) is 3.73. The van der Waals surface area contributed by atoms with Crippen molar-refractivity contribution in [3.8, 4) is 5.69 Å². The van der Waals surface area contributed by atoms with Crippen LogP contribution in [0.15, 0.2) is 52.4 Å². The van der Waals surface area contributed by atoms with E-state index < -0.39 is 0 Å². The second-order valence-corrected chi connectivity index (χ2v) is 9.90. The fraction of sp³-hybridized carbons (Fsp3) is 0.400. The van der Waals surface area contributed by atoms with E-state index in [1.807, 2.05) is 48.6 Å². The maximum Gasteiger partial charge on any atom is 0.267 e. The first-order valence-electron chi connectivity index (χ1n) is 11.3. The molecule has 0 bridgehead atoms. The molecule has 0 aliphatic carbocycles. The lowest BCUT2D eigenvalue weighted by Gasteiger charge is -2.32. The van der Waals surface area contributed by atoms with Crippen molar-refractivity contribution in [2.45, 2.75) is 50.7 Å². The van der Waals surface area contributed by atoms with Gasteiger partial charge in [-0.1, -0.05) is 42.4 Å². The van der Waals surface area contributed by atoms with Crippen molar-refractivity contribution >= 4 is 28.4 Å². The molecule has 1 unspecified atom stereocenters. The van der Waals surface area contributed by atoms with Crippen molar-refractivity contribution in [2.24, 2.45) is 0 Å². The minimum absolute atomic E-state index is 0.0606. The topological polar surface area (TPSA) is 55.4 Å². The molecule has 1 atom stereocenters. The second kappa shape index (κ2) is 8.71. The molecule has 4 aromatic rings. The second-order valence-electron chi connectivity index (χ2n) is 8.83. The van der Waals surface area contributed by atoms with Crippen molar-refractivity contribution in [1.29, 1.82) is 0 Å². The number of rotatable bonds is 5. The fourth-order valence-corrected chi connectivity index (χ4v) is 5.72. The number of likely N-dealkylation sites (tertiary alicyclic amines) is 1. The third-order valence-corrected chi connectivity index (χ3v) is 7.57. The summed E-state index contributed by atoms with van der Waals surface area (Å²) in [4.78, 5) is 16.0. The quantitative estimate of drug-likeness (QED) is 0.418. The van der Waals surface area contributed by atoms with Crippen molar-refractivity contribution in [2.75, 3.05) is 19.3 Å². The number of fused-ring (bicyclic) bond motifs is 3. The molecule has 5 rings (SSSR count). The highest BCUT2D eigenvalue weighted by molar-refractivity contribution is 7.99. The first-order chi connectivity index (χ1) is 15.5. The minimum atomic E-state index is -0.0606. The van der Waals surface area contributed by atoms with Crippen LogP contribution in [0.3, 0.4) is 0 Å². The number of aromatic nitrogens is 4. The Kier molecular flexibility index (Phi) is 5.78. The molecule has 0 amide bonds. The van der Waals surface area contributed by atoms with Crippen LogP contribution in [-0.4, -0.2) is 49.5 Å². The van der Waals surface area contributed by atoms with Gasteiger partial charge in [-0.2, -0.15) is 0 Å². The fourth-order valence-electron chi connectivity index (χ4n) is 4.74. The summed E-state index contributed by atoms with van der Waals surface area (Å²) in [5, 5.41) is 10.5. The largest absolute Gasteiger partial charge is 0.303 e. The molecule has 0 radical (unpaired) electrons. The van der Waals surface area contributed by atoms with Gasteiger partial charge >= 0.3 is 0 Å². The van der Waals surface area contributed by atoms with Crippen molar-refractivity contribution in [3.63, 3.8) is 0 Å². The van der Waals surface area contributed by atoms with Gasteiger partial charge in [-0.3, -0.25) is 9.20 Å². The molecular formula is C25H29N5OS. The molecule has 2 aromatic heterocycles. The Morgan fingerprint density at radius 1 is 1.09 bits per heavy atom. The summed E-state index contributed by atoms with van der Waals surface area (Å²) in [7, 11) is 2.23. The lowest BCUT2D eigenvalue weighted by molar-refractivity contribution is 0.182. The van der Waals surface area contributed by atoms with Gasteiger partial charge in [0.1, 0.15) is 0 Å². The van der Waals surface area contributed by atoms with E-state index >= 15 is 0 Å². The van der Waals surface area contributed by atoms with Gasteiger partial charge in [0.15, 0.2) is 5.16 Å². The van der Waals surface area contributed by atoms with E-state index in [4.69, 9.17) is 0 Å². The zero-order valence-electron chi connectivity index (χ0n) is 18.9. The van der Waals surface area contributed by atoms with E-state index in [1.165, 1.54) is 25.8 Å². The maximum absolute atomic E-state index is 13.5. The van der Waals surface area contributed by atoms with Crippen LogP contribution < -0.4 is 5.56 Å². The van der Waals surface area contributed by atoms with Crippen molar-refractivity contribution in [1.82, 2.24) is 24.1 Å². The monoisotopic (exact) mass is 447 g/mol. The number of nitrogens with zero attached hydrogens (tertiary/aromatic N) is 5. The lowest BCUT2D eigenvalue weighted by atomic mass is 10.0. The number of aryl methyl sites for hydroxylation is 2. The summed E-state index contributed by atoms with van der Waals surface area (Å²) in [6.07, 6.45) is 5.02. The zero-order valence-corrected chi connectivity index (χ0v) is 19.7. The van der Waals surface area contributed by atoms with Gasteiger partial charge < -0.3 is 4.90 Å². The SMILES string of the molecule is Cc1ccc(C)c(-n2c(=O)c3ccccc3n3c(SCCC4CCCCN4C)nnc23)c1. The molecule has 7 heteroatoms. The Bertz CT molecular complexity index is 1340. The molecule has 1 aliphatic rings. The van der Waals surface area contributed by atoms with Crippen molar-refractivity contribution in [3.05, 3.63) is 63.9 Å². The average Bonchev–Trinajstić information content (AvgIpc) is 3.21. The first kappa shape index (κ1) is 21.2. The van der Waals surface area contributed by atoms with Crippen LogP contribution in [0, 0.1) is 13.8 Å². The van der Waals surface area contributed by atoms with Gasteiger partial charge in [0.25, 0.3) is 5.56 Å². The van der Waals surface area contributed by atoms with Crippen LogP contribution in [0.4, 0.5) is 0 Å². The molecule has 3 heterocycles. The Labute approximate surface area is 192 Å². The van der Waals surface area contributed by atoms with Crippen LogP contribution in [0.5, 0.6) is 0 Å². The average molecular weight is 448 g/mol. The summed E-state index contributed by atoms with van der Waals surface area (Å²) in [6, 6.07) is 14.6. The Hall–Kier alpha value is -2.64. The molecule has 6 nitrogen and oxygen atoms in total. The Morgan fingerprint density at radius 3 is 2.78 bits per heavy atom. The van der Waals surface area contributed by atoms with E-state index in [-0.39, 0.29) is 5.56 Å². The minimum Gasteiger partial charge on any atom is -0.303 e. The molecule has 166 valence electrons. The number of piperidine rings is 1. The molecule has 1 saturated heterocycles. The standard InChI is InChI=1S/C25H29N5OS/c1-17-11-12-18(2)22(16-17)29-23(31)20-9-4-5-10-21(20)30-24(29)26-27-25(30)32-15-13-19-8-6-7-14-28(19)3/h4-5,9-12,16,19H,6-8,13-15H2,1-3H3. The zero-order chi connectivity index (χ0) is 22.2. The van der Waals surface area contributed by atoms with E-state index in [0.29, 0.717) is 17.2 Å². The molecule has 0 saturated carbocycles. The highest BCUT2D eigenvalue weighted by Gasteiger charge is 2.21. The van der Waals surface area contributed by atoms with Crippen molar-refractivity contribution < 1.29 is 0 Å². The van der Waals surface area contributed by atoms with E-state index in [9.17, 15) is 4.79 Å². The van der Waals surface area contributed by atoms with Gasteiger partial charge in [-0.05, 0) is 76.0 Å². The number of hydrogen-bond donors (Lipinski definition) is 0. The molecule has 32 heavy (non-hydrogen) atoms. The predicted molar refractivity (Wildman–Crippen MR) is 131 cm³/mol. The van der Waals surface area contributed by atoms with E-state index in [0.717, 1.165) is 39.7 Å². The molecule has 2 aromatic carbocycles. The van der Waals surface area contributed by atoms with Gasteiger partial charge in [0.05, 0.1) is 16.6 Å². The summed E-state index contributed by atoms with van der Waals surface area (Å²) in [5.41, 5.74) is 3.80. The van der Waals surface area contributed by atoms with E-state index in [1.54, 1.807) is 16.3 Å². The van der Waals surface area contributed by atoms with Crippen LogP contribution in [0.2, 0.25) is 0 Å². The highest BCUT2D eigenvalue weighted by Crippen LogP contribution is 2.27. The third-order valence-electron chi connectivity index (χ3n) is 6.60. The Morgan fingerprint density at radius 2 is 1.94 bits per heavy atom. The first-order valence-corrected chi connectivity index (χ1v) is 12.3. The van der Waals surface area contributed by atoms with Crippen LogP contribution in [-0.2, 0) is 0 Å². The van der Waals surface area contributed by atoms with Crippen LogP contribution >= 0.6 is 11.8 Å². The van der Waals surface area contributed by atoms with Gasteiger partial charge in [-0.25, -0.2) is 4.57 Å².